The Morgan fingerprint density at radius 2 is 2.00 bits per heavy atom. The van der Waals surface area contributed by atoms with E-state index in [4.69, 9.17) is 0 Å². The van der Waals surface area contributed by atoms with E-state index in [0.29, 0.717) is 5.82 Å². The zero-order valence-electron chi connectivity index (χ0n) is 15.2. The second-order valence-electron chi connectivity index (χ2n) is 6.10. The second-order valence-corrected chi connectivity index (χ2v) is 7.13. The number of rotatable bonds is 8. The molecule has 2 aromatic heterocycles. The summed E-state index contributed by atoms with van der Waals surface area (Å²) in [5, 5.41) is 4.17. The Labute approximate surface area is 158 Å². The smallest absolute Gasteiger partial charge is 0.241 e. The number of anilines is 1. The van der Waals surface area contributed by atoms with Gasteiger partial charge in [0.05, 0.1) is 11.9 Å². The molecule has 5 nitrogen and oxygen atoms in total. The van der Waals surface area contributed by atoms with Crippen LogP contribution in [0.25, 0.3) is 20.7 Å². The summed E-state index contributed by atoms with van der Waals surface area (Å²) < 4.78 is 0. The average molecular weight is 369 g/mol. The normalized spacial score (nSPS) is 10.8. The predicted octanol–water partition coefficient (Wildman–Crippen LogP) is 4.42. The third-order valence-corrected chi connectivity index (χ3v) is 5.40. The number of carbonyl (C=O) groups is 1. The fourth-order valence-corrected chi connectivity index (χ4v) is 3.82. The first-order valence-electron chi connectivity index (χ1n) is 9.04. The van der Waals surface area contributed by atoms with Gasteiger partial charge in [0, 0.05) is 18.0 Å². The van der Waals surface area contributed by atoms with E-state index >= 15 is 0 Å². The van der Waals surface area contributed by atoms with Crippen LogP contribution in [0.2, 0.25) is 0 Å². The maximum absolute atomic E-state index is 12.4. The number of likely N-dealkylation sites (N-methyl/N-ethyl adjacent to an activating group) is 1. The molecule has 2 heterocycles. The van der Waals surface area contributed by atoms with Crippen molar-refractivity contribution in [3.8, 4) is 10.4 Å². The maximum atomic E-state index is 12.4. The number of unbranched alkanes of at least 4 members (excludes halogenated alkanes) is 1. The zero-order valence-corrected chi connectivity index (χ0v) is 16.1. The van der Waals surface area contributed by atoms with Gasteiger partial charge in [-0.25, -0.2) is 9.97 Å². The van der Waals surface area contributed by atoms with Crippen LogP contribution in [0.15, 0.2) is 42.7 Å². The van der Waals surface area contributed by atoms with Gasteiger partial charge in [-0.15, -0.1) is 11.3 Å². The molecule has 0 unspecified atom stereocenters. The maximum Gasteiger partial charge on any atom is 0.241 e. The van der Waals surface area contributed by atoms with Gasteiger partial charge < -0.3 is 10.2 Å². The van der Waals surface area contributed by atoms with Crippen LogP contribution < -0.4 is 5.32 Å². The van der Waals surface area contributed by atoms with E-state index in [-0.39, 0.29) is 12.5 Å². The minimum absolute atomic E-state index is 0.103. The molecule has 0 radical (unpaired) electrons. The highest BCUT2D eigenvalue weighted by atomic mass is 32.1. The lowest BCUT2D eigenvalue weighted by molar-refractivity contribution is -0.129. The molecule has 1 aromatic carbocycles. The van der Waals surface area contributed by atoms with Crippen LogP contribution in [0, 0.1) is 0 Å². The van der Waals surface area contributed by atoms with Gasteiger partial charge in [0.1, 0.15) is 17.0 Å². The molecule has 136 valence electrons. The first-order chi connectivity index (χ1) is 12.7. The fraction of sp³-hybridized carbons (Fsp3) is 0.350. The van der Waals surface area contributed by atoms with Crippen molar-refractivity contribution in [3.63, 3.8) is 0 Å². The molecular weight excluding hydrogens is 344 g/mol. The van der Waals surface area contributed by atoms with Gasteiger partial charge in [-0.05, 0) is 25.0 Å². The lowest BCUT2D eigenvalue weighted by Gasteiger charge is -2.21. The van der Waals surface area contributed by atoms with Crippen LogP contribution >= 0.6 is 11.3 Å². The molecule has 26 heavy (non-hydrogen) atoms. The van der Waals surface area contributed by atoms with Gasteiger partial charge in [-0.2, -0.15) is 0 Å². The Hall–Kier alpha value is -2.47. The van der Waals surface area contributed by atoms with Crippen molar-refractivity contribution in [1.82, 2.24) is 14.9 Å². The summed E-state index contributed by atoms with van der Waals surface area (Å²) in [6.07, 6.45) is 3.66. The van der Waals surface area contributed by atoms with E-state index in [0.717, 1.165) is 46.6 Å². The summed E-state index contributed by atoms with van der Waals surface area (Å²) in [6, 6.07) is 12.3. The van der Waals surface area contributed by atoms with Crippen LogP contribution in [0.1, 0.15) is 26.7 Å². The SMILES string of the molecule is CCCCN(CC)C(=O)CNc1ncnc2sc(-c3ccccc3)cc12. The van der Waals surface area contributed by atoms with Crippen molar-refractivity contribution in [2.24, 2.45) is 0 Å². The molecule has 1 amide bonds. The summed E-state index contributed by atoms with van der Waals surface area (Å²) in [7, 11) is 0. The Balaban J connectivity index is 1.76. The Morgan fingerprint density at radius 1 is 1.19 bits per heavy atom. The molecule has 6 heteroatoms. The number of aromatic nitrogens is 2. The number of benzene rings is 1. The van der Waals surface area contributed by atoms with Crippen molar-refractivity contribution in [2.75, 3.05) is 25.0 Å². The fourth-order valence-electron chi connectivity index (χ4n) is 2.82. The number of fused-ring (bicyclic) bond motifs is 1. The first-order valence-corrected chi connectivity index (χ1v) is 9.86. The van der Waals surface area contributed by atoms with Gasteiger partial charge in [0.15, 0.2) is 0 Å². The minimum Gasteiger partial charge on any atom is -0.360 e. The van der Waals surface area contributed by atoms with Crippen LogP contribution in [0.5, 0.6) is 0 Å². The number of thiophene rings is 1. The highest BCUT2D eigenvalue weighted by Crippen LogP contribution is 2.34. The lowest BCUT2D eigenvalue weighted by Crippen LogP contribution is -2.36. The Morgan fingerprint density at radius 3 is 2.73 bits per heavy atom. The van der Waals surface area contributed by atoms with Crippen molar-refractivity contribution < 1.29 is 4.79 Å². The molecule has 0 fully saturated rings. The Bertz CT molecular complexity index is 863. The topological polar surface area (TPSA) is 58.1 Å². The second kappa shape index (κ2) is 8.76. The van der Waals surface area contributed by atoms with Crippen molar-refractivity contribution in [1.29, 1.82) is 0 Å². The van der Waals surface area contributed by atoms with Gasteiger partial charge in [0.25, 0.3) is 0 Å². The number of carbonyl (C=O) groups excluding carboxylic acids is 1. The number of nitrogens with zero attached hydrogens (tertiary/aromatic N) is 3. The molecule has 1 N–H and O–H groups in total. The number of amides is 1. The summed E-state index contributed by atoms with van der Waals surface area (Å²) in [5.74, 6) is 0.819. The van der Waals surface area contributed by atoms with Gasteiger partial charge in [-0.1, -0.05) is 43.7 Å². The molecular formula is C20H24N4OS. The Kier molecular flexibility index (Phi) is 6.17. The number of nitrogens with one attached hydrogen (secondary N) is 1. The monoisotopic (exact) mass is 368 g/mol. The summed E-state index contributed by atoms with van der Waals surface area (Å²) in [6.45, 7) is 5.94. The van der Waals surface area contributed by atoms with E-state index in [1.54, 1.807) is 17.7 Å². The van der Waals surface area contributed by atoms with Crippen molar-refractivity contribution in [2.45, 2.75) is 26.7 Å². The predicted molar refractivity (Wildman–Crippen MR) is 109 cm³/mol. The third kappa shape index (κ3) is 4.19. The van der Waals surface area contributed by atoms with Crippen LogP contribution in [0.3, 0.4) is 0 Å². The standard InChI is InChI=1S/C20H24N4OS/c1-3-5-11-24(4-2)18(25)13-21-19-16-12-17(15-9-7-6-8-10-15)26-20(16)23-14-22-19/h6-10,12,14H,3-5,11,13H2,1-2H3,(H,21,22,23). The molecule has 0 atom stereocenters. The first kappa shape index (κ1) is 18.3. The van der Waals surface area contributed by atoms with Crippen molar-refractivity contribution >= 4 is 33.3 Å². The molecule has 0 bridgehead atoms. The van der Waals surface area contributed by atoms with E-state index in [1.165, 1.54) is 0 Å². The molecule has 3 rings (SSSR count). The average Bonchev–Trinajstić information content (AvgIpc) is 3.12. The number of hydrogen-bond donors (Lipinski definition) is 1. The van der Waals surface area contributed by atoms with Crippen molar-refractivity contribution in [3.05, 3.63) is 42.7 Å². The van der Waals surface area contributed by atoms with E-state index in [2.05, 4.69) is 40.4 Å². The molecule has 0 aliphatic carbocycles. The largest absolute Gasteiger partial charge is 0.360 e. The van der Waals surface area contributed by atoms with Crippen LogP contribution in [0.4, 0.5) is 5.82 Å². The van der Waals surface area contributed by atoms with Gasteiger partial charge in [-0.3, -0.25) is 4.79 Å². The molecule has 3 aromatic rings. The molecule has 0 saturated heterocycles. The quantitative estimate of drug-likeness (QED) is 0.639. The van der Waals surface area contributed by atoms with E-state index in [1.807, 2.05) is 30.0 Å². The summed E-state index contributed by atoms with van der Waals surface area (Å²) in [4.78, 5) is 25.1. The summed E-state index contributed by atoms with van der Waals surface area (Å²) >= 11 is 1.63. The highest BCUT2D eigenvalue weighted by Gasteiger charge is 2.14. The molecule has 0 aliphatic rings. The molecule has 0 spiro atoms. The van der Waals surface area contributed by atoms with Gasteiger partial charge in [0.2, 0.25) is 5.91 Å². The molecule has 0 saturated carbocycles. The highest BCUT2D eigenvalue weighted by molar-refractivity contribution is 7.21. The third-order valence-electron chi connectivity index (χ3n) is 4.31. The molecule has 0 aliphatic heterocycles. The van der Waals surface area contributed by atoms with E-state index in [9.17, 15) is 4.79 Å². The van der Waals surface area contributed by atoms with Crippen LogP contribution in [-0.4, -0.2) is 40.4 Å². The lowest BCUT2D eigenvalue weighted by atomic mass is 10.2. The minimum atomic E-state index is 0.103. The summed E-state index contributed by atoms with van der Waals surface area (Å²) in [5.41, 5.74) is 1.16. The van der Waals surface area contributed by atoms with Gasteiger partial charge >= 0.3 is 0 Å². The van der Waals surface area contributed by atoms with Crippen LogP contribution in [-0.2, 0) is 4.79 Å². The zero-order chi connectivity index (χ0) is 18.4. The van der Waals surface area contributed by atoms with E-state index < -0.39 is 0 Å². The number of hydrogen-bond acceptors (Lipinski definition) is 5.